The molecule has 2 heterocycles. The van der Waals surface area contributed by atoms with Gasteiger partial charge in [-0.3, -0.25) is 9.59 Å². The number of amides is 2. The van der Waals surface area contributed by atoms with Crippen molar-refractivity contribution < 1.29 is 19.1 Å². The highest BCUT2D eigenvalue weighted by Gasteiger charge is 2.28. The summed E-state index contributed by atoms with van der Waals surface area (Å²) in [6.07, 6.45) is -0.530. The summed E-state index contributed by atoms with van der Waals surface area (Å²) in [7, 11) is 1.57. The van der Waals surface area contributed by atoms with E-state index in [4.69, 9.17) is 21.1 Å². The maximum Gasteiger partial charge on any atom is 0.412 e. The molecule has 35 heavy (non-hydrogen) atoms. The molecule has 1 aromatic heterocycles. The van der Waals surface area contributed by atoms with Crippen LogP contribution in [-0.2, 0) is 11.8 Å². The third-order valence-corrected chi connectivity index (χ3v) is 6.24. The van der Waals surface area contributed by atoms with Crippen molar-refractivity contribution in [3.8, 4) is 5.75 Å². The van der Waals surface area contributed by atoms with Crippen molar-refractivity contribution >= 4 is 40.2 Å². The van der Waals surface area contributed by atoms with Crippen LogP contribution in [0.5, 0.6) is 5.75 Å². The summed E-state index contributed by atoms with van der Waals surface area (Å²) in [5.41, 5.74) is 0.405. The molecule has 1 fully saturated rings. The number of anilines is 1. The molecule has 0 unspecified atom stereocenters. The molecule has 0 radical (unpaired) electrons. The van der Waals surface area contributed by atoms with E-state index in [1.54, 1.807) is 42.3 Å². The Bertz CT molecular complexity index is 1290. The predicted octanol–water partition coefficient (Wildman–Crippen LogP) is 3.24. The SMILES string of the molecule is CCN(C(=O)c1c(OCOC(=O)N2CCNCC2)c2c(Cl)cccc2n(C)c1=O)c1ccccc1. The molecule has 2 amide bonds. The number of aromatic nitrogens is 1. The minimum atomic E-state index is -0.539. The molecule has 1 N–H and O–H groups in total. The number of nitrogens with zero attached hydrogens (tertiary/aromatic N) is 3. The zero-order valence-corrected chi connectivity index (χ0v) is 20.4. The second kappa shape index (κ2) is 10.8. The monoisotopic (exact) mass is 498 g/mol. The maximum absolute atomic E-state index is 13.7. The molecule has 0 aliphatic carbocycles. The van der Waals surface area contributed by atoms with Gasteiger partial charge in [0.25, 0.3) is 11.5 Å². The number of piperazine rings is 1. The van der Waals surface area contributed by atoms with E-state index in [0.29, 0.717) is 54.3 Å². The third kappa shape index (κ3) is 4.96. The van der Waals surface area contributed by atoms with E-state index in [2.05, 4.69) is 5.32 Å². The Hall–Kier alpha value is -3.56. The number of pyridine rings is 1. The summed E-state index contributed by atoms with van der Waals surface area (Å²) in [6.45, 7) is 4.06. The Kier molecular flexibility index (Phi) is 7.57. The van der Waals surface area contributed by atoms with Crippen molar-refractivity contribution in [1.29, 1.82) is 0 Å². The molecule has 3 aromatic rings. The number of halogens is 1. The molecule has 0 spiro atoms. The second-order valence-corrected chi connectivity index (χ2v) is 8.40. The number of ether oxygens (including phenoxy) is 2. The third-order valence-electron chi connectivity index (χ3n) is 5.93. The fraction of sp³-hybridized carbons (Fsp3) is 0.320. The molecule has 0 atom stereocenters. The fourth-order valence-corrected chi connectivity index (χ4v) is 4.37. The van der Waals surface area contributed by atoms with E-state index in [0.717, 1.165) is 0 Å². The highest BCUT2D eigenvalue weighted by atomic mass is 35.5. The van der Waals surface area contributed by atoms with Gasteiger partial charge in [-0.1, -0.05) is 35.9 Å². The average molecular weight is 499 g/mol. The summed E-state index contributed by atoms with van der Waals surface area (Å²) < 4.78 is 12.5. The Morgan fingerprint density at radius 3 is 2.49 bits per heavy atom. The van der Waals surface area contributed by atoms with Crippen LogP contribution < -0.4 is 20.5 Å². The van der Waals surface area contributed by atoms with Gasteiger partial charge in [0.15, 0.2) is 5.75 Å². The number of carbonyl (C=O) groups is 2. The van der Waals surface area contributed by atoms with Crippen LogP contribution in [0.2, 0.25) is 5.02 Å². The standard InChI is InChI=1S/C25H27ClN4O5/c1-3-30(17-8-5-4-6-9-17)24(32)21-22(34-16-35-25(33)29-14-12-27-13-15-29)20-18(26)10-7-11-19(20)28(2)23(21)31/h4-11,27H,3,12-16H2,1-2H3. The first-order valence-electron chi connectivity index (χ1n) is 11.4. The largest absolute Gasteiger partial charge is 0.455 e. The van der Waals surface area contributed by atoms with E-state index >= 15 is 0 Å². The normalized spacial score (nSPS) is 13.5. The second-order valence-electron chi connectivity index (χ2n) is 8.00. The van der Waals surface area contributed by atoms with Gasteiger partial charge in [-0.2, -0.15) is 0 Å². The zero-order chi connectivity index (χ0) is 24.9. The number of fused-ring (bicyclic) bond motifs is 1. The predicted molar refractivity (Wildman–Crippen MR) is 134 cm³/mol. The number of nitrogens with one attached hydrogen (secondary N) is 1. The Labute approximate surface area is 207 Å². The Morgan fingerprint density at radius 2 is 1.80 bits per heavy atom. The zero-order valence-electron chi connectivity index (χ0n) is 19.6. The molecule has 2 aromatic carbocycles. The van der Waals surface area contributed by atoms with Crippen molar-refractivity contribution in [2.24, 2.45) is 7.05 Å². The van der Waals surface area contributed by atoms with Gasteiger partial charge in [0, 0.05) is 45.5 Å². The van der Waals surface area contributed by atoms with Gasteiger partial charge in [0.1, 0.15) is 5.56 Å². The smallest absolute Gasteiger partial charge is 0.412 e. The van der Waals surface area contributed by atoms with E-state index in [9.17, 15) is 14.4 Å². The van der Waals surface area contributed by atoms with Crippen LogP contribution in [-0.4, -0.2) is 61.0 Å². The minimum Gasteiger partial charge on any atom is -0.455 e. The Morgan fingerprint density at radius 1 is 1.09 bits per heavy atom. The summed E-state index contributed by atoms with van der Waals surface area (Å²) in [6, 6.07) is 14.1. The van der Waals surface area contributed by atoms with Crippen molar-refractivity contribution in [2.75, 3.05) is 44.4 Å². The van der Waals surface area contributed by atoms with E-state index in [-0.39, 0.29) is 11.3 Å². The molecule has 9 nitrogen and oxygen atoms in total. The molecular formula is C25H27ClN4O5. The van der Waals surface area contributed by atoms with Crippen LogP contribution in [0.3, 0.4) is 0 Å². The van der Waals surface area contributed by atoms with E-state index in [1.807, 2.05) is 25.1 Å². The topological polar surface area (TPSA) is 93.1 Å². The number of rotatable bonds is 6. The number of aryl methyl sites for hydroxylation is 1. The molecule has 1 saturated heterocycles. The lowest BCUT2D eigenvalue weighted by Gasteiger charge is -2.27. The van der Waals surface area contributed by atoms with E-state index < -0.39 is 24.4 Å². The van der Waals surface area contributed by atoms with Gasteiger partial charge in [0.2, 0.25) is 6.79 Å². The molecule has 1 aliphatic heterocycles. The van der Waals surface area contributed by atoms with Crippen molar-refractivity contribution in [2.45, 2.75) is 6.92 Å². The van der Waals surface area contributed by atoms with Gasteiger partial charge < -0.3 is 29.2 Å². The number of carbonyl (C=O) groups excluding carboxylic acids is 2. The number of para-hydroxylation sites is 1. The van der Waals surface area contributed by atoms with Crippen LogP contribution in [0, 0.1) is 0 Å². The highest BCUT2D eigenvalue weighted by molar-refractivity contribution is 6.36. The molecule has 0 bridgehead atoms. The molecule has 0 saturated carbocycles. The first kappa shape index (κ1) is 24.6. The lowest BCUT2D eigenvalue weighted by Crippen LogP contribution is -2.46. The Balaban J connectivity index is 1.74. The number of benzene rings is 2. The maximum atomic E-state index is 13.7. The first-order valence-corrected chi connectivity index (χ1v) is 11.7. The van der Waals surface area contributed by atoms with Crippen LogP contribution in [0.25, 0.3) is 10.9 Å². The molecular weight excluding hydrogens is 472 g/mol. The van der Waals surface area contributed by atoms with Gasteiger partial charge in [-0.25, -0.2) is 4.79 Å². The lowest BCUT2D eigenvalue weighted by atomic mass is 10.1. The summed E-state index contributed by atoms with van der Waals surface area (Å²) in [4.78, 5) is 42.6. The quantitative estimate of drug-likeness (QED) is 0.524. The van der Waals surface area contributed by atoms with E-state index in [1.165, 1.54) is 9.47 Å². The lowest BCUT2D eigenvalue weighted by molar-refractivity contribution is 0.0331. The highest BCUT2D eigenvalue weighted by Crippen LogP contribution is 2.34. The summed E-state index contributed by atoms with van der Waals surface area (Å²) in [5, 5.41) is 3.86. The van der Waals surface area contributed by atoms with Gasteiger partial charge >= 0.3 is 6.09 Å². The first-order chi connectivity index (χ1) is 16.9. The van der Waals surface area contributed by atoms with Crippen molar-refractivity contribution in [1.82, 2.24) is 14.8 Å². The molecule has 10 heteroatoms. The summed E-state index contributed by atoms with van der Waals surface area (Å²) >= 11 is 6.51. The molecule has 1 aliphatic rings. The van der Waals surface area contributed by atoms with Gasteiger partial charge in [-0.15, -0.1) is 0 Å². The van der Waals surface area contributed by atoms with Crippen LogP contribution in [0.1, 0.15) is 17.3 Å². The average Bonchev–Trinajstić information content (AvgIpc) is 2.88. The molecule has 4 rings (SSSR count). The van der Waals surface area contributed by atoms with Crippen LogP contribution >= 0.6 is 11.6 Å². The van der Waals surface area contributed by atoms with Crippen molar-refractivity contribution in [3.05, 3.63) is 69.5 Å². The van der Waals surface area contributed by atoms with Crippen LogP contribution in [0.4, 0.5) is 10.5 Å². The number of hydrogen-bond acceptors (Lipinski definition) is 6. The van der Waals surface area contributed by atoms with Gasteiger partial charge in [0.05, 0.1) is 15.9 Å². The molecule has 184 valence electrons. The van der Waals surface area contributed by atoms with Crippen LogP contribution in [0.15, 0.2) is 53.3 Å². The van der Waals surface area contributed by atoms with Crippen molar-refractivity contribution in [3.63, 3.8) is 0 Å². The summed E-state index contributed by atoms with van der Waals surface area (Å²) in [5.74, 6) is -0.550. The number of hydrogen-bond donors (Lipinski definition) is 1. The van der Waals surface area contributed by atoms with Gasteiger partial charge in [-0.05, 0) is 31.2 Å². The fourth-order valence-electron chi connectivity index (χ4n) is 4.11. The minimum absolute atomic E-state index is 0.0128.